The first kappa shape index (κ1) is 21.8. The molecular weight excluding hydrogens is 424 g/mol. The highest BCUT2D eigenvalue weighted by Gasteiger charge is 2.36. The Morgan fingerprint density at radius 1 is 1.00 bits per heavy atom. The summed E-state index contributed by atoms with van der Waals surface area (Å²) < 4.78 is 13.7. The van der Waals surface area contributed by atoms with Gasteiger partial charge in [-0.15, -0.1) is 0 Å². The third-order valence-electron chi connectivity index (χ3n) is 7.66. The molecular formula is C28H34N4O2. The van der Waals surface area contributed by atoms with Crippen LogP contribution in [0.4, 0.5) is 0 Å². The van der Waals surface area contributed by atoms with E-state index >= 15 is 0 Å². The van der Waals surface area contributed by atoms with E-state index in [2.05, 4.69) is 61.8 Å². The molecule has 0 saturated carbocycles. The van der Waals surface area contributed by atoms with Gasteiger partial charge in [0.1, 0.15) is 5.75 Å². The smallest absolute Gasteiger partial charge is 0.119 e. The molecule has 3 aliphatic heterocycles. The summed E-state index contributed by atoms with van der Waals surface area (Å²) in [5.41, 5.74) is 5.48. The lowest BCUT2D eigenvalue weighted by atomic mass is 9.81. The molecule has 0 amide bonds. The van der Waals surface area contributed by atoms with Crippen molar-refractivity contribution in [2.45, 2.75) is 31.2 Å². The molecule has 0 spiro atoms. The zero-order chi connectivity index (χ0) is 22.7. The van der Waals surface area contributed by atoms with Gasteiger partial charge >= 0.3 is 0 Å². The van der Waals surface area contributed by atoms with Crippen LogP contribution in [-0.4, -0.2) is 71.9 Å². The number of aromatic nitrogens is 2. The standard InChI is InChI=1S/C28H34N4O2/c1-3-28-26-19-24(34-16-2-11-30-14-17-33-18-15-30)8-9-25(26)27(20-31(28)12-1)22-4-6-23(7-5-22)32-13-10-29-21-32/h4-10,13,19,21,27-28H,1-3,11-12,14-18,20H2/t27-,28-/m0/s1. The summed E-state index contributed by atoms with van der Waals surface area (Å²) in [5.74, 6) is 1.42. The minimum absolute atomic E-state index is 0.400. The van der Waals surface area contributed by atoms with Crippen molar-refractivity contribution >= 4 is 0 Å². The Morgan fingerprint density at radius 3 is 2.71 bits per heavy atom. The molecule has 1 aromatic heterocycles. The lowest BCUT2D eigenvalue weighted by Gasteiger charge is -2.37. The van der Waals surface area contributed by atoms with Gasteiger partial charge < -0.3 is 14.0 Å². The lowest BCUT2D eigenvalue weighted by molar-refractivity contribution is 0.0358. The molecule has 6 nitrogen and oxygen atoms in total. The summed E-state index contributed by atoms with van der Waals surface area (Å²) in [7, 11) is 0. The molecule has 2 fully saturated rings. The van der Waals surface area contributed by atoms with Gasteiger partial charge in [-0.1, -0.05) is 18.2 Å². The van der Waals surface area contributed by atoms with Crippen LogP contribution in [0.2, 0.25) is 0 Å². The van der Waals surface area contributed by atoms with Crippen LogP contribution in [0, 0.1) is 0 Å². The van der Waals surface area contributed by atoms with Crippen molar-refractivity contribution in [3.63, 3.8) is 0 Å². The Morgan fingerprint density at radius 2 is 1.88 bits per heavy atom. The molecule has 0 aliphatic carbocycles. The van der Waals surface area contributed by atoms with E-state index in [9.17, 15) is 0 Å². The number of fused-ring (bicyclic) bond motifs is 3. The third-order valence-corrected chi connectivity index (χ3v) is 7.66. The lowest BCUT2D eigenvalue weighted by Crippen LogP contribution is -2.37. The quantitative estimate of drug-likeness (QED) is 0.495. The SMILES string of the molecule is c1cn(-c2ccc([C@@H]3CN4CCC[C@H]4c4cc(OCCCN5CCOCC5)ccc43)cc2)cn1. The number of ether oxygens (including phenoxy) is 2. The van der Waals surface area contributed by atoms with Crippen molar-refractivity contribution in [1.29, 1.82) is 0 Å². The molecule has 2 aromatic carbocycles. The Bertz CT molecular complexity index is 1080. The maximum Gasteiger partial charge on any atom is 0.119 e. The second-order valence-electron chi connectivity index (χ2n) is 9.71. The largest absolute Gasteiger partial charge is 0.494 e. The van der Waals surface area contributed by atoms with E-state index in [1.165, 1.54) is 36.1 Å². The Labute approximate surface area is 202 Å². The van der Waals surface area contributed by atoms with Crippen molar-refractivity contribution in [2.75, 3.05) is 52.5 Å². The highest BCUT2D eigenvalue weighted by atomic mass is 16.5. The monoisotopic (exact) mass is 458 g/mol. The van der Waals surface area contributed by atoms with Crippen LogP contribution in [0.25, 0.3) is 5.69 Å². The van der Waals surface area contributed by atoms with Crippen molar-refractivity contribution in [3.05, 3.63) is 77.9 Å². The van der Waals surface area contributed by atoms with E-state index < -0.39 is 0 Å². The summed E-state index contributed by atoms with van der Waals surface area (Å²) in [6.07, 6.45) is 9.24. The van der Waals surface area contributed by atoms with Crippen molar-refractivity contribution in [2.24, 2.45) is 0 Å². The predicted octanol–water partition coefficient (Wildman–Crippen LogP) is 4.26. The minimum atomic E-state index is 0.400. The van der Waals surface area contributed by atoms with Crippen LogP contribution in [0.1, 0.15) is 47.9 Å². The van der Waals surface area contributed by atoms with Gasteiger partial charge in [-0.2, -0.15) is 0 Å². The van der Waals surface area contributed by atoms with Crippen LogP contribution in [0.15, 0.2) is 61.2 Å². The number of benzene rings is 2. The third kappa shape index (κ3) is 4.50. The molecule has 0 bridgehead atoms. The van der Waals surface area contributed by atoms with E-state index in [4.69, 9.17) is 9.47 Å². The summed E-state index contributed by atoms with van der Waals surface area (Å²) in [6, 6.07) is 16.4. The maximum atomic E-state index is 6.22. The van der Waals surface area contributed by atoms with Gasteiger partial charge in [0.2, 0.25) is 0 Å². The molecule has 34 heavy (non-hydrogen) atoms. The van der Waals surface area contributed by atoms with E-state index in [1.807, 2.05) is 18.7 Å². The summed E-state index contributed by atoms with van der Waals surface area (Å²) >= 11 is 0. The Balaban J connectivity index is 1.18. The molecule has 0 N–H and O–H groups in total. The zero-order valence-electron chi connectivity index (χ0n) is 19.8. The second kappa shape index (κ2) is 9.90. The Kier molecular flexibility index (Phi) is 6.36. The van der Waals surface area contributed by atoms with Gasteiger partial charge in [0, 0.05) is 56.2 Å². The van der Waals surface area contributed by atoms with Crippen LogP contribution in [0.5, 0.6) is 5.75 Å². The molecule has 4 heterocycles. The van der Waals surface area contributed by atoms with E-state index in [1.54, 1.807) is 0 Å². The van der Waals surface area contributed by atoms with Gasteiger partial charge in [0.15, 0.2) is 0 Å². The number of hydrogen-bond donors (Lipinski definition) is 0. The second-order valence-corrected chi connectivity index (χ2v) is 9.71. The maximum absolute atomic E-state index is 6.22. The van der Waals surface area contributed by atoms with Crippen LogP contribution >= 0.6 is 0 Å². The normalized spacial score (nSPS) is 22.9. The number of morpholine rings is 1. The first-order valence-corrected chi connectivity index (χ1v) is 12.7. The van der Waals surface area contributed by atoms with Crippen LogP contribution in [0.3, 0.4) is 0 Å². The highest BCUT2D eigenvalue weighted by Crippen LogP contribution is 2.45. The number of nitrogens with zero attached hydrogens (tertiary/aromatic N) is 4. The Hall–Kier alpha value is -2.67. The fourth-order valence-electron chi connectivity index (χ4n) is 5.86. The molecule has 3 aliphatic rings. The number of hydrogen-bond acceptors (Lipinski definition) is 5. The average molecular weight is 459 g/mol. The number of rotatable bonds is 7. The summed E-state index contributed by atoms with van der Waals surface area (Å²) in [4.78, 5) is 9.32. The highest BCUT2D eigenvalue weighted by molar-refractivity contribution is 5.48. The molecule has 0 unspecified atom stereocenters. The fraction of sp³-hybridized carbons (Fsp3) is 0.464. The van der Waals surface area contributed by atoms with Crippen molar-refractivity contribution in [3.8, 4) is 11.4 Å². The summed E-state index contributed by atoms with van der Waals surface area (Å²) in [5, 5.41) is 0. The van der Waals surface area contributed by atoms with Crippen LogP contribution < -0.4 is 4.74 Å². The van der Waals surface area contributed by atoms with Gasteiger partial charge in [-0.05, 0) is 66.8 Å². The molecule has 0 radical (unpaired) electrons. The summed E-state index contributed by atoms with van der Waals surface area (Å²) in [6.45, 7) is 7.95. The molecule has 3 aromatic rings. The predicted molar refractivity (Wildman–Crippen MR) is 133 cm³/mol. The van der Waals surface area contributed by atoms with Gasteiger partial charge in [-0.3, -0.25) is 9.80 Å². The molecule has 6 rings (SSSR count). The van der Waals surface area contributed by atoms with Crippen LogP contribution in [-0.2, 0) is 4.74 Å². The fourth-order valence-corrected chi connectivity index (χ4v) is 5.86. The molecule has 2 saturated heterocycles. The minimum Gasteiger partial charge on any atom is -0.494 e. The molecule has 6 heteroatoms. The average Bonchev–Trinajstić information content (AvgIpc) is 3.59. The topological polar surface area (TPSA) is 42.8 Å². The molecule has 178 valence electrons. The zero-order valence-corrected chi connectivity index (χ0v) is 19.8. The number of imidazole rings is 1. The van der Waals surface area contributed by atoms with E-state index in [0.29, 0.717) is 12.0 Å². The van der Waals surface area contributed by atoms with E-state index in [-0.39, 0.29) is 0 Å². The molecule has 2 atom stereocenters. The van der Waals surface area contributed by atoms with Gasteiger partial charge in [0.05, 0.1) is 26.1 Å². The van der Waals surface area contributed by atoms with Gasteiger partial charge in [0.25, 0.3) is 0 Å². The first-order valence-electron chi connectivity index (χ1n) is 12.7. The van der Waals surface area contributed by atoms with Gasteiger partial charge in [-0.25, -0.2) is 4.98 Å². The van der Waals surface area contributed by atoms with Crippen molar-refractivity contribution in [1.82, 2.24) is 19.4 Å². The van der Waals surface area contributed by atoms with E-state index in [0.717, 1.165) is 63.9 Å². The van der Waals surface area contributed by atoms with Crippen molar-refractivity contribution < 1.29 is 9.47 Å². The first-order chi connectivity index (χ1) is 16.8.